The second kappa shape index (κ2) is 3.96. The van der Waals surface area contributed by atoms with Crippen molar-refractivity contribution < 1.29 is 4.21 Å². The lowest BCUT2D eigenvalue weighted by Crippen LogP contribution is -1.97. The molecule has 1 rings (SSSR count). The Hall–Kier alpha value is -1.10. The van der Waals surface area contributed by atoms with Gasteiger partial charge in [0.1, 0.15) is 5.69 Å². The summed E-state index contributed by atoms with van der Waals surface area (Å²) in [7, 11) is -2.09. The highest BCUT2D eigenvalue weighted by molar-refractivity contribution is 7.92. The predicted octanol–water partition coefficient (Wildman–Crippen LogP) is 1.82. The van der Waals surface area contributed by atoms with Crippen molar-refractivity contribution in [1.29, 1.82) is 0 Å². The molecule has 0 aliphatic carbocycles. The Balaban J connectivity index is 2.90. The van der Waals surface area contributed by atoms with Crippen LogP contribution in [0.1, 0.15) is 6.92 Å². The molecule has 0 amide bonds. The van der Waals surface area contributed by atoms with Crippen LogP contribution in [0.25, 0.3) is 0 Å². The van der Waals surface area contributed by atoms with E-state index in [0.29, 0.717) is 12.2 Å². The highest BCUT2D eigenvalue weighted by Gasteiger charge is 1.98. The largest absolute Gasteiger partial charge is 0.266 e. The fraction of sp³-hybridized carbons (Fsp3) is 0.444. The zero-order valence-electron chi connectivity index (χ0n) is 8.73. The van der Waals surface area contributed by atoms with E-state index in [1.165, 1.54) is 0 Å². The molecule has 1 aromatic heterocycles. The molecule has 14 heavy (non-hydrogen) atoms. The minimum absolute atomic E-state index is 0.654. The summed E-state index contributed by atoms with van der Waals surface area (Å²) in [6.45, 7) is 6.39. The molecule has 0 spiro atoms. The Morgan fingerprint density at radius 2 is 2.36 bits per heavy atom. The molecule has 5 heteroatoms. The van der Waals surface area contributed by atoms with Crippen molar-refractivity contribution in [2.24, 2.45) is 4.36 Å². The van der Waals surface area contributed by atoms with E-state index in [1.54, 1.807) is 29.6 Å². The number of hydrogen-bond acceptors (Lipinski definition) is 3. The van der Waals surface area contributed by atoms with Gasteiger partial charge in [0, 0.05) is 22.2 Å². The predicted molar refractivity (Wildman–Crippen MR) is 59.1 cm³/mol. The third-order valence-corrected chi connectivity index (χ3v) is 2.03. The molecule has 0 aliphatic rings. The average Bonchev–Trinajstić information content (AvgIpc) is 2.30. The van der Waals surface area contributed by atoms with Gasteiger partial charge in [-0.2, -0.15) is 9.46 Å². The summed E-state index contributed by atoms with van der Waals surface area (Å²) < 4.78 is 17.1. The van der Waals surface area contributed by atoms with E-state index in [0.717, 1.165) is 5.57 Å². The fourth-order valence-electron chi connectivity index (χ4n) is 1.02. The molecular formula is C9H15N3OS. The van der Waals surface area contributed by atoms with Crippen LogP contribution < -0.4 is 0 Å². The third kappa shape index (κ3) is 3.74. The van der Waals surface area contributed by atoms with Crippen LogP contribution in [-0.2, 0) is 16.3 Å². The summed E-state index contributed by atoms with van der Waals surface area (Å²) in [6, 6.07) is 0. The van der Waals surface area contributed by atoms with Gasteiger partial charge in [0.05, 0.1) is 18.9 Å². The molecule has 0 aliphatic heterocycles. The van der Waals surface area contributed by atoms with E-state index in [4.69, 9.17) is 0 Å². The monoisotopic (exact) mass is 213 g/mol. The van der Waals surface area contributed by atoms with E-state index in [9.17, 15) is 4.21 Å². The van der Waals surface area contributed by atoms with Gasteiger partial charge in [0.15, 0.2) is 0 Å². The summed E-state index contributed by atoms with van der Waals surface area (Å²) in [5.74, 6) is 0. The average molecular weight is 213 g/mol. The Bertz CT molecular complexity index is 444. The molecule has 0 saturated heterocycles. The van der Waals surface area contributed by atoms with Crippen molar-refractivity contribution >= 4 is 15.4 Å². The third-order valence-electron chi connectivity index (χ3n) is 1.38. The summed E-state index contributed by atoms with van der Waals surface area (Å²) in [5, 5.41) is 4.08. The van der Waals surface area contributed by atoms with Crippen LogP contribution in [0, 0.1) is 0 Å². The van der Waals surface area contributed by atoms with Gasteiger partial charge < -0.3 is 0 Å². The maximum atomic E-state index is 11.4. The number of nitrogens with zero attached hydrogens (tertiary/aromatic N) is 3. The first-order valence-electron chi connectivity index (χ1n) is 4.21. The molecule has 0 bridgehead atoms. The van der Waals surface area contributed by atoms with Gasteiger partial charge in [-0.25, -0.2) is 4.21 Å². The minimum Gasteiger partial charge on any atom is -0.266 e. The first-order valence-corrected chi connectivity index (χ1v) is 6.54. The summed E-state index contributed by atoms with van der Waals surface area (Å²) in [6.07, 6.45) is 6.57. The number of allylic oxidation sites excluding steroid dienone is 1. The Labute approximate surface area is 84.8 Å². The molecular weight excluding hydrogens is 198 g/mol. The van der Waals surface area contributed by atoms with E-state index >= 15 is 0 Å². The first kappa shape index (κ1) is 11.0. The SMILES string of the molecule is C=C(C)Cn1cc(N=S(C)(C)=O)cn1. The molecule has 1 aromatic rings. The maximum Gasteiger partial charge on any atom is 0.111 e. The Morgan fingerprint density at radius 1 is 1.71 bits per heavy atom. The molecule has 4 nitrogen and oxygen atoms in total. The van der Waals surface area contributed by atoms with Crippen LogP contribution >= 0.6 is 0 Å². The smallest absolute Gasteiger partial charge is 0.111 e. The van der Waals surface area contributed by atoms with Crippen LogP contribution in [0.3, 0.4) is 0 Å². The fourth-order valence-corrected chi connectivity index (χ4v) is 1.62. The molecule has 0 saturated carbocycles. The van der Waals surface area contributed by atoms with Gasteiger partial charge in [0.2, 0.25) is 0 Å². The normalized spacial score (nSPS) is 11.4. The maximum absolute atomic E-state index is 11.4. The number of hydrogen-bond donors (Lipinski definition) is 0. The van der Waals surface area contributed by atoms with Crippen molar-refractivity contribution in [1.82, 2.24) is 9.78 Å². The number of rotatable bonds is 3. The molecule has 78 valence electrons. The lowest BCUT2D eigenvalue weighted by Gasteiger charge is -1.97. The molecule has 0 aromatic carbocycles. The molecule has 0 atom stereocenters. The van der Waals surface area contributed by atoms with Gasteiger partial charge in [-0.1, -0.05) is 12.2 Å². The topological polar surface area (TPSA) is 47.2 Å². The lowest BCUT2D eigenvalue weighted by molar-refractivity contribution is 0.679. The first-order chi connectivity index (χ1) is 6.37. The minimum atomic E-state index is -2.09. The van der Waals surface area contributed by atoms with Crippen molar-refractivity contribution in [3.63, 3.8) is 0 Å². The van der Waals surface area contributed by atoms with Crippen LogP contribution in [0.4, 0.5) is 5.69 Å². The van der Waals surface area contributed by atoms with Crippen LogP contribution in [0.5, 0.6) is 0 Å². The second-order valence-corrected chi connectivity index (χ2v) is 6.17. The second-order valence-electron chi connectivity index (χ2n) is 3.63. The highest BCUT2D eigenvalue weighted by Crippen LogP contribution is 2.12. The zero-order chi connectivity index (χ0) is 10.8. The molecule has 0 radical (unpaired) electrons. The highest BCUT2D eigenvalue weighted by atomic mass is 32.2. The summed E-state index contributed by atoms with van der Waals surface area (Å²) >= 11 is 0. The van der Waals surface area contributed by atoms with Crippen LogP contribution in [0.15, 0.2) is 28.9 Å². The van der Waals surface area contributed by atoms with Gasteiger partial charge >= 0.3 is 0 Å². The number of aromatic nitrogens is 2. The Morgan fingerprint density at radius 3 is 2.86 bits per heavy atom. The van der Waals surface area contributed by atoms with E-state index < -0.39 is 9.73 Å². The van der Waals surface area contributed by atoms with E-state index in [-0.39, 0.29) is 0 Å². The Kier molecular flexibility index (Phi) is 3.10. The summed E-state index contributed by atoms with van der Waals surface area (Å²) in [5.41, 5.74) is 1.68. The van der Waals surface area contributed by atoms with Gasteiger partial charge in [-0.3, -0.25) is 4.68 Å². The lowest BCUT2D eigenvalue weighted by atomic mass is 10.3. The van der Waals surface area contributed by atoms with Crippen molar-refractivity contribution in [3.05, 3.63) is 24.5 Å². The molecule has 0 N–H and O–H groups in total. The van der Waals surface area contributed by atoms with Crippen molar-refractivity contribution in [2.45, 2.75) is 13.5 Å². The van der Waals surface area contributed by atoms with Gasteiger partial charge in [-0.05, 0) is 6.92 Å². The van der Waals surface area contributed by atoms with Gasteiger partial charge in [-0.15, -0.1) is 0 Å². The van der Waals surface area contributed by atoms with E-state index in [2.05, 4.69) is 16.0 Å². The van der Waals surface area contributed by atoms with Crippen LogP contribution in [-0.4, -0.2) is 26.5 Å². The van der Waals surface area contributed by atoms with Crippen LogP contribution in [0.2, 0.25) is 0 Å². The quantitative estimate of drug-likeness (QED) is 0.719. The van der Waals surface area contributed by atoms with Crippen molar-refractivity contribution in [3.8, 4) is 0 Å². The molecule has 0 unspecified atom stereocenters. The molecule has 0 fully saturated rings. The van der Waals surface area contributed by atoms with Crippen molar-refractivity contribution in [2.75, 3.05) is 12.5 Å². The summed E-state index contributed by atoms with van der Waals surface area (Å²) in [4.78, 5) is 0. The zero-order valence-corrected chi connectivity index (χ0v) is 9.54. The molecule has 1 heterocycles. The standard InChI is InChI=1S/C9H15N3OS/c1-8(2)6-12-7-9(5-10-12)11-14(3,4)13/h5,7H,1,6H2,2-4H3. The van der Waals surface area contributed by atoms with E-state index in [1.807, 2.05) is 6.92 Å². The van der Waals surface area contributed by atoms with Gasteiger partial charge in [0.25, 0.3) is 0 Å².